The van der Waals surface area contributed by atoms with Crippen molar-refractivity contribution in [2.24, 2.45) is 5.92 Å². The first-order valence-corrected chi connectivity index (χ1v) is 12.3. The van der Waals surface area contributed by atoms with Crippen LogP contribution < -0.4 is 21.5 Å². The average molecular weight is 557 g/mol. The number of alkyl halides is 2. The van der Waals surface area contributed by atoms with Gasteiger partial charge in [-0.3, -0.25) is 28.7 Å². The van der Waals surface area contributed by atoms with E-state index in [1.807, 2.05) is 0 Å². The predicted molar refractivity (Wildman–Crippen MR) is 142 cm³/mol. The molecule has 0 aliphatic heterocycles. The first-order chi connectivity index (χ1) is 18.8. The van der Waals surface area contributed by atoms with Gasteiger partial charge in [0, 0.05) is 38.0 Å². The molecule has 0 fully saturated rings. The second-order valence-corrected chi connectivity index (χ2v) is 9.61. The van der Waals surface area contributed by atoms with E-state index >= 15 is 8.78 Å². The van der Waals surface area contributed by atoms with Crippen LogP contribution in [0.5, 0.6) is 0 Å². The van der Waals surface area contributed by atoms with Crippen molar-refractivity contribution in [3.8, 4) is 11.4 Å². The number of rotatable bonds is 11. The average Bonchev–Trinajstić information content (AvgIpc) is 2.89. The Morgan fingerprint density at radius 1 is 1.05 bits per heavy atom. The number of nitrogens with zero attached hydrogens (tertiary/aromatic N) is 3. The van der Waals surface area contributed by atoms with Crippen molar-refractivity contribution in [2.75, 3.05) is 11.9 Å². The molecule has 4 N–H and O–H groups in total. The standard InChI is InChI=1S/C27H30F2N6O5/c1-17(36)34-20-14-32-23(19-7-5-4-6-8-19)35(24(20)38)16-22(37)31-15-21(26(2,3)40)27(28,29)25(39)33-13-18-9-11-30-12-10-18/h4-12,14,21,40H,13,15-16H2,1-3H3,(H,31,37)(H,33,39)(H,34,36). The summed E-state index contributed by atoms with van der Waals surface area (Å²) in [4.78, 5) is 58.0. The van der Waals surface area contributed by atoms with E-state index in [9.17, 15) is 24.3 Å². The van der Waals surface area contributed by atoms with Gasteiger partial charge in [-0.15, -0.1) is 0 Å². The van der Waals surface area contributed by atoms with Gasteiger partial charge in [0.05, 0.1) is 17.7 Å². The number of carbonyl (C=O) groups excluding carboxylic acids is 3. The van der Waals surface area contributed by atoms with Crippen LogP contribution in [-0.2, 0) is 27.5 Å². The van der Waals surface area contributed by atoms with Gasteiger partial charge in [-0.25, -0.2) is 4.98 Å². The number of nitrogens with one attached hydrogen (secondary N) is 3. The van der Waals surface area contributed by atoms with Gasteiger partial charge in [0.25, 0.3) is 11.5 Å². The molecular weight excluding hydrogens is 526 g/mol. The second kappa shape index (κ2) is 12.6. The Morgan fingerprint density at radius 2 is 1.70 bits per heavy atom. The zero-order valence-corrected chi connectivity index (χ0v) is 22.1. The third-order valence-electron chi connectivity index (χ3n) is 5.99. The smallest absolute Gasteiger partial charge is 0.331 e. The maximum Gasteiger partial charge on any atom is 0.331 e. The molecule has 2 heterocycles. The largest absolute Gasteiger partial charge is 0.390 e. The summed E-state index contributed by atoms with van der Waals surface area (Å²) in [6.45, 7) is 1.80. The van der Waals surface area contributed by atoms with Crippen LogP contribution in [0.25, 0.3) is 11.4 Å². The molecule has 3 aromatic rings. The number of hydrogen-bond acceptors (Lipinski definition) is 7. The second-order valence-electron chi connectivity index (χ2n) is 9.61. The quantitative estimate of drug-likeness (QED) is 0.280. The van der Waals surface area contributed by atoms with Gasteiger partial charge in [-0.05, 0) is 31.5 Å². The Kier molecular flexibility index (Phi) is 9.43. The maximum absolute atomic E-state index is 15.2. The van der Waals surface area contributed by atoms with Crippen LogP contribution in [0.2, 0.25) is 0 Å². The number of aromatic nitrogens is 3. The monoisotopic (exact) mass is 556 g/mol. The molecule has 40 heavy (non-hydrogen) atoms. The zero-order chi connectivity index (χ0) is 29.5. The highest BCUT2D eigenvalue weighted by atomic mass is 19.3. The molecule has 1 atom stereocenters. The van der Waals surface area contributed by atoms with E-state index < -0.39 is 53.8 Å². The number of aliphatic hydroxyl groups is 1. The first-order valence-electron chi connectivity index (χ1n) is 12.3. The predicted octanol–water partition coefficient (Wildman–Crippen LogP) is 1.72. The minimum Gasteiger partial charge on any atom is -0.390 e. The van der Waals surface area contributed by atoms with E-state index in [2.05, 4.69) is 25.9 Å². The molecule has 212 valence electrons. The van der Waals surface area contributed by atoms with Crippen molar-refractivity contribution >= 4 is 23.4 Å². The van der Waals surface area contributed by atoms with Crippen molar-refractivity contribution in [3.63, 3.8) is 0 Å². The van der Waals surface area contributed by atoms with Crippen molar-refractivity contribution in [1.29, 1.82) is 0 Å². The lowest BCUT2D eigenvalue weighted by atomic mass is 9.84. The molecule has 3 amide bonds. The van der Waals surface area contributed by atoms with Crippen molar-refractivity contribution in [1.82, 2.24) is 25.2 Å². The summed E-state index contributed by atoms with van der Waals surface area (Å²) >= 11 is 0. The lowest BCUT2D eigenvalue weighted by Gasteiger charge is -2.34. The van der Waals surface area contributed by atoms with Gasteiger partial charge in [-0.2, -0.15) is 8.78 Å². The molecule has 0 spiro atoms. The summed E-state index contributed by atoms with van der Waals surface area (Å²) < 4.78 is 31.5. The Labute approximate surface area is 228 Å². The Bertz CT molecular complexity index is 1410. The SMILES string of the molecule is CC(=O)Nc1cnc(-c2ccccc2)n(CC(=O)NCC(C(C)(C)O)C(F)(F)C(=O)NCc2ccncc2)c1=O. The highest BCUT2D eigenvalue weighted by Crippen LogP contribution is 2.33. The summed E-state index contributed by atoms with van der Waals surface area (Å²) in [5, 5.41) is 17.3. The molecule has 0 saturated carbocycles. The molecule has 0 bridgehead atoms. The number of pyridine rings is 1. The Hall–Kier alpha value is -4.52. The fourth-order valence-corrected chi connectivity index (χ4v) is 3.93. The number of hydrogen-bond donors (Lipinski definition) is 4. The summed E-state index contributed by atoms with van der Waals surface area (Å²) in [5.41, 5.74) is -1.95. The van der Waals surface area contributed by atoms with Gasteiger partial charge in [0.15, 0.2) is 0 Å². The molecule has 1 aromatic carbocycles. The summed E-state index contributed by atoms with van der Waals surface area (Å²) in [7, 11) is 0. The van der Waals surface area contributed by atoms with Gasteiger partial charge >= 0.3 is 5.92 Å². The summed E-state index contributed by atoms with van der Waals surface area (Å²) in [6, 6.07) is 11.6. The number of benzene rings is 1. The lowest BCUT2D eigenvalue weighted by molar-refractivity contribution is -0.171. The fourth-order valence-electron chi connectivity index (χ4n) is 3.93. The summed E-state index contributed by atoms with van der Waals surface area (Å²) in [5.74, 6) is -8.99. The van der Waals surface area contributed by atoms with Gasteiger partial charge in [-0.1, -0.05) is 30.3 Å². The van der Waals surface area contributed by atoms with E-state index in [1.165, 1.54) is 19.3 Å². The van der Waals surface area contributed by atoms with Crippen LogP contribution in [0.3, 0.4) is 0 Å². The molecular formula is C27H30F2N6O5. The Morgan fingerprint density at radius 3 is 2.30 bits per heavy atom. The van der Waals surface area contributed by atoms with Crippen LogP contribution in [0.15, 0.2) is 65.8 Å². The molecule has 2 aromatic heterocycles. The third-order valence-corrected chi connectivity index (χ3v) is 5.99. The molecule has 13 heteroatoms. The van der Waals surface area contributed by atoms with E-state index in [1.54, 1.807) is 42.5 Å². The summed E-state index contributed by atoms with van der Waals surface area (Å²) in [6.07, 6.45) is 4.06. The molecule has 0 radical (unpaired) electrons. The molecule has 0 aliphatic rings. The van der Waals surface area contributed by atoms with E-state index in [4.69, 9.17) is 0 Å². The highest BCUT2D eigenvalue weighted by Gasteiger charge is 2.53. The highest BCUT2D eigenvalue weighted by molar-refractivity contribution is 5.88. The fraction of sp³-hybridized carbons (Fsp3) is 0.333. The normalized spacial score (nSPS) is 12.3. The van der Waals surface area contributed by atoms with Crippen LogP contribution in [0, 0.1) is 5.92 Å². The van der Waals surface area contributed by atoms with Crippen molar-refractivity contribution < 1.29 is 28.3 Å². The lowest BCUT2D eigenvalue weighted by Crippen LogP contribution is -2.56. The van der Waals surface area contributed by atoms with Crippen LogP contribution in [-0.4, -0.2) is 55.4 Å². The van der Waals surface area contributed by atoms with E-state index in [0.29, 0.717) is 11.1 Å². The molecule has 0 aliphatic carbocycles. The number of halogens is 2. The van der Waals surface area contributed by atoms with Gasteiger partial charge in [0.2, 0.25) is 11.8 Å². The molecule has 11 nitrogen and oxygen atoms in total. The Balaban J connectivity index is 1.80. The van der Waals surface area contributed by atoms with Crippen LogP contribution in [0.1, 0.15) is 26.3 Å². The molecule has 1 unspecified atom stereocenters. The minimum atomic E-state index is -4.07. The van der Waals surface area contributed by atoms with Crippen molar-refractivity contribution in [2.45, 2.75) is 45.4 Å². The maximum atomic E-state index is 15.2. The number of anilines is 1. The van der Waals surface area contributed by atoms with Crippen molar-refractivity contribution in [3.05, 3.63) is 77.0 Å². The van der Waals surface area contributed by atoms with Crippen LogP contribution in [0.4, 0.5) is 14.5 Å². The number of carbonyl (C=O) groups is 3. The zero-order valence-electron chi connectivity index (χ0n) is 22.1. The minimum absolute atomic E-state index is 0.106. The van der Waals surface area contributed by atoms with Gasteiger partial charge < -0.3 is 21.1 Å². The molecule has 3 rings (SSSR count). The third kappa shape index (κ3) is 7.53. The topological polar surface area (TPSA) is 155 Å². The van der Waals surface area contributed by atoms with Crippen LogP contribution >= 0.6 is 0 Å². The van der Waals surface area contributed by atoms with E-state index in [-0.39, 0.29) is 18.1 Å². The van der Waals surface area contributed by atoms with E-state index in [0.717, 1.165) is 24.6 Å². The number of amides is 3. The molecule has 0 saturated heterocycles. The van der Waals surface area contributed by atoms with Gasteiger partial charge in [0.1, 0.15) is 18.1 Å². The first kappa shape index (κ1) is 30.0.